The van der Waals surface area contributed by atoms with Crippen LogP contribution < -0.4 is 5.32 Å². The summed E-state index contributed by atoms with van der Waals surface area (Å²) in [5.74, 6) is -1.59. The minimum atomic E-state index is -1.11. The fraction of sp³-hybridized carbons (Fsp3) is 0.154. The van der Waals surface area contributed by atoms with Crippen LogP contribution in [0.15, 0.2) is 42.6 Å². The first kappa shape index (κ1) is 12.8. The summed E-state index contributed by atoms with van der Waals surface area (Å²) in [5.41, 5.74) is 0.827. The van der Waals surface area contributed by atoms with Gasteiger partial charge in [-0.15, -0.1) is 0 Å². The lowest BCUT2D eigenvalue weighted by molar-refractivity contribution is -0.139. The van der Waals surface area contributed by atoms with Gasteiger partial charge in [-0.05, 0) is 11.6 Å². The molecule has 1 aromatic heterocycles. The Bertz CT molecular complexity index is 592. The number of nitrogens with one attached hydrogen (secondary N) is 1. The summed E-state index contributed by atoms with van der Waals surface area (Å²) in [6.45, 7) is 0. The number of aliphatic carboxylic acids is 1. The lowest BCUT2D eigenvalue weighted by Crippen LogP contribution is -2.34. The number of carbonyl (C=O) groups excluding carboxylic acids is 1. The smallest absolute Gasteiger partial charge is 0.330 e. The molecule has 6 nitrogen and oxygen atoms in total. The van der Waals surface area contributed by atoms with Crippen LogP contribution in [-0.2, 0) is 11.8 Å². The highest BCUT2D eigenvalue weighted by Gasteiger charge is 2.23. The molecule has 0 spiro atoms. The molecule has 6 heteroatoms. The van der Waals surface area contributed by atoms with E-state index in [0.29, 0.717) is 11.3 Å². The standard InChI is InChI=1S/C13H13N3O3/c1-16-10(7-8-14-16)12(17)15-11(13(18)19)9-5-3-2-4-6-9/h2-8,11H,1H3,(H,15,17)(H,18,19)/t11-/m1/s1. The molecule has 2 aromatic rings. The van der Waals surface area contributed by atoms with Gasteiger partial charge in [-0.1, -0.05) is 30.3 Å². The molecule has 2 N–H and O–H groups in total. The minimum Gasteiger partial charge on any atom is -0.479 e. The monoisotopic (exact) mass is 259 g/mol. The van der Waals surface area contributed by atoms with Crippen LogP contribution in [-0.4, -0.2) is 26.8 Å². The molecule has 0 unspecified atom stereocenters. The van der Waals surface area contributed by atoms with E-state index in [1.54, 1.807) is 37.4 Å². The van der Waals surface area contributed by atoms with Crippen LogP contribution in [0.2, 0.25) is 0 Å². The molecule has 98 valence electrons. The zero-order valence-corrected chi connectivity index (χ0v) is 10.3. The number of aromatic nitrogens is 2. The van der Waals surface area contributed by atoms with Crippen LogP contribution in [0.25, 0.3) is 0 Å². The molecule has 0 aliphatic carbocycles. The maximum absolute atomic E-state index is 12.0. The molecular weight excluding hydrogens is 246 g/mol. The van der Waals surface area contributed by atoms with Gasteiger partial charge in [0.25, 0.3) is 5.91 Å². The number of carboxylic acid groups (broad SMARTS) is 1. The number of benzene rings is 1. The molecule has 0 fully saturated rings. The van der Waals surface area contributed by atoms with Crippen molar-refractivity contribution in [2.45, 2.75) is 6.04 Å². The number of hydrogen-bond donors (Lipinski definition) is 2. The highest BCUT2D eigenvalue weighted by atomic mass is 16.4. The molecule has 1 atom stereocenters. The third kappa shape index (κ3) is 2.79. The molecule has 0 bridgehead atoms. The summed E-state index contributed by atoms with van der Waals surface area (Å²) in [7, 11) is 1.62. The van der Waals surface area contributed by atoms with E-state index in [1.165, 1.54) is 16.9 Å². The maximum Gasteiger partial charge on any atom is 0.330 e. The Morgan fingerprint density at radius 3 is 2.47 bits per heavy atom. The van der Waals surface area contributed by atoms with Crippen LogP contribution in [0.3, 0.4) is 0 Å². The van der Waals surface area contributed by atoms with Gasteiger partial charge in [-0.3, -0.25) is 9.48 Å². The Labute approximate surface area is 109 Å². The third-order valence-electron chi connectivity index (χ3n) is 2.71. The van der Waals surface area contributed by atoms with Crippen LogP contribution in [0, 0.1) is 0 Å². The van der Waals surface area contributed by atoms with E-state index in [-0.39, 0.29) is 0 Å². The number of nitrogens with zero attached hydrogens (tertiary/aromatic N) is 2. The summed E-state index contributed by atoms with van der Waals surface area (Å²) in [4.78, 5) is 23.2. The fourth-order valence-corrected chi connectivity index (χ4v) is 1.73. The van der Waals surface area contributed by atoms with Crippen molar-refractivity contribution in [3.8, 4) is 0 Å². The lowest BCUT2D eigenvalue weighted by Gasteiger charge is -2.14. The molecule has 19 heavy (non-hydrogen) atoms. The second-order valence-corrected chi connectivity index (χ2v) is 4.00. The van der Waals surface area contributed by atoms with Gasteiger partial charge in [0.1, 0.15) is 5.69 Å². The molecule has 1 aromatic carbocycles. The van der Waals surface area contributed by atoms with E-state index in [0.717, 1.165) is 0 Å². The quantitative estimate of drug-likeness (QED) is 0.857. The molecule has 2 rings (SSSR count). The van der Waals surface area contributed by atoms with Crippen molar-refractivity contribution in [2.24, 2.45) is 7.05 Å². The average molecular weight is 259 g/mol. The predicted molar refractivity (Wildman–Crippen MR) is 67.5 cm³/mol. The van der Waals surface area contributed by atoms with Crippen molar-refractivity contribution < 1.29 is 14.7 Å². The largest absolute Gasteiger partial charge is 0.479 e. The lowest BCUT2D eigenvalue weighted by atomic mass is 10.1. The topological polar surface area (TPSA) is 84.2 Å². The van der Waals surface area contributed by atoms with Gasteiger partial charge in [-0.25, -0.2) is 4.79 Å². The first-order chi connectivity index (χ1) is 9.09. The van der Waals surface area contributed by atoms with Crippen LogP contribution in [0.4, 0.5) is 0 Å². The molecule has 0 aliphatic heterocycles. The van der Waals surface area contributed by atoms with Gasteiger partial charge in [0.2, 0.25) is 0 Å². The zero-order chi connectivity index (χ0) is 13.8. The number of hydrogen-bond acceptors (Lipinski definition) is 3. The van der Waals surface area contributed by atoms with E-state index in [1.807, 2.05) is 0 Å². The highest BCUT2D eigenvalue weighted by Crippen LogP contribution is 2.13. The Morgan fingerprint density at radius 1 is 1.26 bits per heavy atom. The predicted octanol–water partition coefficient (Wildman–Crippen LogP) is 0.976. The van der Waals surface area contributed by atoms with E-state index in [2.05, 4.69) is 10.4 Å². The van der Waals surface area contributed by atoms with Gasteiger partial charge in [0.05, 0.1) is 0 Å². The van der Waals surface area contributed by atoms with Crippen molar-refractivity contribution >= 4 is 11.9 Å². The molecule has 0 saturated carbocycles. The van der Waals surface area contributed by atoms with Crippen LogP contribution in [0.5, 0.6) is 0 Å². The minimum absolute atomic E-state index is 0.308. The van der Waals surface area contributed by atoms with Gasteiger partial charge < -0.3 is 10.4 Å². The van der Waals surface area contributed by atoms with Crippen LogP contribution >= 0.6 is 0 Å². The molecule has 0 aliphatic rings. The maximum atomic E-state index is 12.0. The summed E-state index contributed by atoms with van der Waals surface area (Å²) < 4.78 is 1.39. The van der Waals surface area contributed by atoms with E-state index in [4.69, 9.17) is 0 Å². The van der Waals surface area contributed by atoms with Crippen molar-refractivity contribution in [1.82, 2.24) is 15.1 Å². The number of amides is 1. The number of carbonyl (C=O) groups is 2. The molecule has 1 heterocycles. The fourth-order valence-electron chi connectivity index (χ4n) is 1.73. The summed E-state index contributed by atoms with van der Waals surface area (Å²) in [6, 6.07) is 8.99. The molecule has 1 amide bonds. The van der Waals surface area contributed by atoms with Gasteiger partial charge in [-0.2, -0.15) is 5.10 Å². The van der Waals surface area contributed by atoms with E-state index >= 15 is 0 Å². The SMILES string of the molecule is Cn1nccc1C(=O)N[C@@H](C(=O)O)c1ccccc1. The van der Waals surface area contributed by atoms with Gasteiger partial charge in [0, 0.05) is 13.2 Å². The van der Waals surface area contributed by atoms with Gasteiger partial charge in [0.15, 0.2) is 6.04 Å². The number of rotatable bonds is 4. The highest BCUT2D eigenvalue weighted by molar-refractivity contribution is 5.95. The number of carboxylic acids is 1. The average Bonchev–Trinajstić information content (AvgIpc) is 2.82. The van der Waals surface area contributed by atoms with Crippen molar-refractivity contribution in [3.05, 3.63) is 53.9 Å². The third-order valence-corrected chi connectivity index (χ3v) is 2.71. The first-order valence-electron chi connectivity index (χ1n) is 5.66. The summed E-state index contributed by atoms with van der Waals surface area (Å²) >= 11 is 0. The molecular formula is C13H13N3O3. The summed E-state index contributed by atoms with van der Waals surface area (Å²) in [6.07, 6.45) is 1.48. The zero-order valence-electron chi connectivity index (χ0n) is 10.3. The van der Waals surface area contributed by atoms with Crippen molar-refractivity contribution in [3.63, 3.8) is 0 Å². The van der Waals surface area contributed by atoms with Crippen molar-refractivity contribution in [2.75, 3.05) is 0 Å². The Hall–Kier alpha value is -2.63. The van der Waals surface area contributed by atoms with Crippen molar-refractivity contribution in [1.29, 1.82) is 0 Å². The Morgan fingerprint density at radius 2 is 1.95 bits per heavy atom. The van der Waals surface area contributed by atoms with Gasteiger partial charge >= 0.3 is 5.97 Å². The Kier molecular flexibility index (Phi) is 3.61. The second kappa shape index (κ2) is 5.34. The molecule has 0 saturated heterocycles. The van der Waals surface area contributed by atoms with Crippen LogP contribution in [0.1, 0.15) is 22.1 Å². The Balaban J connectivity index is 2.21. The second-order valence-electron chi connectivity index (χ2n) is 4.00. The summed E-state index contributed by atoms with van der Waals surface area (Å²) in [5, 5.41) is 15.6. The number of aryl methyl sites for hydroxylation is 1. The van der Waals surface area contributed by atoms with E-state index < -0.39 is 17.9 Å². The normalized spacial score (nSPS) is 11.8. The van der Waals surface area contributed by atoms with E-state index in [9.17, 15) is 14.7 Å². The molecule has 0 radical (unpaired) electrons. The first-order valence-corrected chi connectivity index (χ1v) is 5.66.